The van der Waals surface area contributed by atoms with Gasteiger partial charge in [0.2, 0.25) is 11.9 Å². The van der Waals surface area contributed by atoms with Crippen molar-refractivity contribution >= 4 is 17.6 Å². The Balaban J connectivity index is 1.19. The second kappa shape index (κ2) is 9.55. The third kappa shape index (κ3) is 4.64. The molecule has 0 aliphatic carbocycles. The van der Waals surface area contributed by atoms with E-state index in [1.165, 1.54) is 12.1 Å². The summed E-state index contributed by atoms with van der Waals surface area (Å²) in [6, 6.07) is 14.3. The number of nitrogens with zero attached hydrogens (tertiary/aromatic N) is 7. The van der Waals surface area contributed by atoms with Gasteiger partial charge in [0.1, 0.15) is 12.1 Å². The zero-order chi connectivity index (χ0) is 24.3. The SMILES string of the molecule is Fc1cc(-c2cn[nH]c2)cc(-c2ccnc(Nc3ccc(-n4cnc(N5CCOCC5)n4)cc3)n2)c1. The highest BCUT2D eigenvalue weighted by molar-refractivity contribution is 5.71. The van der Waals surface area contributed by atoms with E-state index in [1.807, 2.05) is 30.3 Å². The van der Waals surface area contributed by atoms with Crippen molar-refractivity contribution in [2.75, 3.05) is 36.5 Å². The van der Waals surface area contributed by atoms with E-state index < -0.39 is 0 Å². The molecule has 0 spiro atoms. The Kier molecular flexibility index (Phi) is 5.80. The molecule has 11 heteroatoms. The van der Waals surface area contributed by atoms with Gasteiger partial charge in [-0.15, -0.1) is 5.10 Å². The van der Waals surface area contributed by atoms with Crippen LogP contribution in [0.25, 0.3) is 28.1 Å². The maximum Gasteiger partial charge on any atom is 0.245 e. The molecule has 2 aromatic carbocycles. The molecule has 0 unspecified atom stereocenters. The summed E-state index contributed by atoms with van der Waals surface area (Å²) in [5, 5.41) is 14.5. The van der Waals surface area contributed by atoms with E-state index >= 15 is 0 Å². The minimum absolute atomic E-state index is 0.350. The number of rotatable bonds is 6. The molecule has 0 atom stereocenters. The molecule has 36 heavy (non-hydrogen) atoms. The third-order valence-electron chi connectivity index (χ3n) is 5.84. The highest BCUT2D eigenvalue weighted by Crippen LogP contribution is 2.27. The predicted octanol–water partition coefficient (Wildman–Crippen LogP) is 3.83. The van der Waals surface area contributed by atoms with Gasteiger partial charge in [0.15, 0.2) is 0 Å². The summed E-state index contributed by atoms with van der Waals surface area (Å²) in [4.78, 5) is 15.4. The molecule has 1 aliphatic heterocycles. The highest BCUT2D eigenvalue weighted by atomic mass is 19.1. The van der Waals surface area contributed by atoms with E-state index in [1.54, 1.807) is 35.7 Å². The summed E-state index contributed by atoms with van der Waals surface area (Å²) in [6.07, 6.45) is 6.72. The minimum atomic E-state index is -0.350. The Morgan fingerprint density at radius 2 is 1.78 bits per heavy atom. The van der Waals surface area contributed by atoms with Crippen molar-refractivity contribution in [2.45, 2.75) is 0 Å². The number of aromatic amines is 1. The average Bonchev–Trinajstić information content (AvgIpc) is 3.63. The summed E-state index contributed by atoms with van der Waals surface area (Å²) >= 11 is 0. The molecule has 4 heterocycles. The molecule has 5 aromatic rings. The topological polar surface area (TPSA) is 110 Å². The van der Waals surface area contributed by atoms with Gasteiger partial charge in [0.25, 0.3) is 0 Å². The van der Waals surface area contributed by atoms with E-state index in [9.17, 15) is 4.39 Å². The van der Waals surface area contributed by atoms with Crippen molar-refractivity contribution in [3.05, 3.63) is 79.3 Å². The van der Waals surface area contributed by atoms with E-state index in [0.717, 1.165) is 30.0 Å². The third-order valence-corrected chi connectivity index (χ3v) is 5.84. The van der Waals surface area contributed by atoms with Crippen molar-refractivity contribution in [2.24, 2.45) is 0 Å². The second-order valence-corrected chi connectivity index (χ2v) is 8.24. The molecule has 0 saturated carbocycles. The average molecular weight is 484 g/mol. The minimum Gasteiger partial charge on any atom is -0.378 e. The first kappa shape index (κ1) is 21.9. The van der Waals surface area contributed by atoms with Gasteiger partial charge in [-0.25, -0.2) is 19.0 Å². The molecule has 6 rings (SSSR count). The van der Waals surface area contributed by atoms with Crippen LogP contribution in [0, 0.1) is 5.82 Å². The zero-order valence-corrected chi connectivity index (χ0v) is 19.2. The molecule has 0 bridgehead atoms. The van der Waals surface area contributed by atoms with Crippen LogP contribution in [0.1, 0.15) is 0 Å². The Labute approximate surface area is 205 Å². The fourth-order valence-electron chi connectivity index (χ4n) is 4.01. The van der Waals surface area contributed by atoms with Crippen molar-refractivity contribution in [1.82, 2.24) is 34.9 Å². The van der Waals surface area contributed by atoms with Crippen LogP contribution < -0.4 is 10.2 Å². The molecular formula is C25H22FN9O. The summed E-state index contributed by atoms with van der Waals surface area (Å²) in [6.45, 7) is 2.93. The summed E-state index contributed by atoms with van der Waals surface area (Å²) in [5.74, 6) is 0.751. The molecule has 3 aromatic heterocycles. The first-order valence-corrected chi connectivity index (χ1v) is 11.5. The summed E-state index contributed by atoms with van der Waals surface area (Å²) in [7, 11) is 0. The monoisotopic (exact) mass is 483 g/mol. The van der Waals surface area contributed by atoms with Gasteiger partial charge in [0, 0.05) is 42.3 Å². The number of aromatic nitrogens is 7. The summed E-state index contributed by atoms with van der Waals surface area (Å²) < 4.78 is 21.5. The number of benzene rings is 2. The lowest BCUT2D eigenvalue weighted by molar-refractivity contribution is 0.122. The van der Waals surface area contributed by atoms with E-state index in [0.29, 0.717) is 41.9 Å². The molecular weight excluding hydrogens is 461 g/mol. The largest absolute Gasteiger partial charge is 0.378 e. The standard InChI is InChI=1S/C25H22FN9O/c26-20-12-17(19-14-29-30-15-19)11-18(13-20)23-5-6-27-24(32-23)31-21-1-3-22(4-2-21)35-16-28-25(33-35)34-7-9-36-10-8-34/h1-6,11-16H,7-10H2,(H,29,30)(H,27,31,32). The molecule has 180 valence electrons. The van der Waals surface area contributed by atoms with Gasteiger partial charge in [0.05, 0.1) is 30.8 Å². The van der Waals surface area contributed by atoms with Crippen molar-refractivity contribution in [1.29, 1.82) is 0 Å². The quantitative estimate of drug-likeness (QED) is 0.375. The maximum absolute atomic E-state index is 14.3. The number of ether oxygens (including phenoxy) is 1. The van der Waals surface area contributed by atoms with Crippen molar-refractivity contribution in [3.8, 4) is 28.1 Å². The number of H-pyrrole nitrogens is 1. The van der Waals surface area contributed by atoms with E-state index in [4.69, 9.17) is 4.74 Å². The lowest BCUT2D eigenvalue weighted by Crippen LogP contribution is -2.37. The normalized spacial score (nSPS) is 13.6. The Morgan fingerprint density at radius 1 is 0.944 bits per heavy atom. The van der Waals surface area contributed by atoms with Gasteiger partial charge in [-0.05, 0) is 54.1 Å². The number of anilines is 3. The Hall–Kier alpha value is -4.64. The number of halogens is 1. The van der Waals surface area contributed by atoms with Gasteiger partial charge in [-0.3, -0.25) is 5.10 Å². The molecule has 0 radical (unpaired) electrons. The number of nitrogens with one attached hydrogen (secondary N) is 2. The van der Waals surface area contributed by atoms with E-state index in [-0.39, 0.29) is 5.82 Å². The van der Waals surface area contributed by atoms with Crippen LogP contribution in [0.15, 0.2) is 73.4 Å². The highest BCUT2D eigenvalue weighted by Gasteiger charge is 2.15. The van der Waals surface area contributed by atoms with Gasteiger partial charge in [-0.1, -0.05) is 0 Å². The summed E-state index contributed by atoms with van der Waals surface area (Å²) in [5.41, 5.74) is 4.46. The Morgan fingerprint density at radius 3 is 2.58 bits per heavy atom. The molecule has 10 nitrogen and oxygen atoms in total. The lowest BCUT2D eigenvalue weighted by atomic mass is 10.0. The number of hydrogen-bond donors (Lipinski definition) is 2. The number of morpholine rings is 1. The van der Waals surface area contributed by atoms with Crippen molar-refractivity contribution < 1.29 is 9.13 Å². The van der Waals surface area contributed by atoms with Gasteiger partial charge in [-0.2, -0.15) is 10.1 Å². The fraction of sp³-hybridized carbons (Fsp3) is 0.160. The van der Waals surface area contributed by atoms with Crippen LogP contribution in [-0.2, 0) is 4.74 Å². The maximum atomic E-state index is 14.3. The van der Waals surface area contributed by atoms with Crippen LogP contribution >= 0.6 is 0 Å². The van der Waals surface area contributed by atoms with Crippen LogP contribution in [-0.4, -0.2) is 61.2 Å². The van der Waals surface area contributed by atoms with Crippen LogP contribution in [0.2, 0.25) is 0 Å². The van der Waals surface area contributed by atoms with Crippen molar-refractivity contribution in [3.63, 3.8) is 0 Å². The smallest absolute Gasteiger partial charge is 0.245 e. The fourth-order valence-corrected chi connectivity index (χ4v) is 4.01. The lowest BCUT2D eigenvalue weighted by Gasteiger charge is -2.25. The van der Waals surface area contributed by atoms with Gasteiger partial charge >= 0.3 is 0 Å². The number of hydrogen-bond acceptors (Lipinski definition) is 8. The van der Waals surface area contributed by atoms with E-state index in [2.05, 4.69) is 40.5 Å². The molecule has 1 aliphatic rings. The predicted molar refractivity (Wildman–Crippen MR) is 133 cm³/mol. The molecule has 1 saturated heterocycles. The van der Waals surface area contributed by atoms with Crippen LogP contribution in [0.3, 0.4) is 0 Å². The Bertz CT molecular complexity index is 1460. The van der Waals surface area contributed by atoms with Gasteiger partial charge < -0.3 is 15.0 Å². The molecule has 1 fully saturated rings. The first-order valence-electron chi connectivity index (χ1n) is 11.5. The van der Waals surface area contributed by atoms with Crippen LogP contribution in [0.5, 0.6) is 0 Å². The zero-order valence-electron chi connectivity index (χ0n) is 19.2. The second-order valence-electron chi connectivity index (χ2n) is 8.24. The molecule has 0 amide bonds. The van der Waals surface area contributed by atoms with Crippen LogP contribution in [0.4, 0.5) is 22.0 Å². The molecule has 2 N–H and O–H groups in total. The first-order chi connectivity index (χ1) is 17.7.